The topological polar surface area (TPSA) is 72.1 Å². The number of hydrogen-bond acceptors (Lipinski definition) is 5. The van der Waals surface area contributed by atoms with E-state index in [-0.39, 0.29) is 24.5 Å². The molecule has 0 bridgehead atoms. The van der Waals surface area contributed by atoms with E-state index >= 15 is 0 Å². The van der Waals surface area contributed by atoms with Gasteiger partial charge < -0.3 is 9.15 Å². The third-order valence-corrected chi connectivity index (χ3v) is 4.23. The van der Waals surface area contributed by atoms with Crippen molar-refractivity contribution < 1.29 is 18.7 Å². The maximum absolute atomic E-state index is 12.6. The Morgan fingerprint density at radius 3 is 2.62 bits per heavy atom. The minimum absolute atomic E-state index is 0.283. The molecule has 1 aliphatic heterocycles. The van der Waals surface area contributed by atoms with Crippen molar-refractivity contribution in [3.8, 4) is 0 Å². The zero-order valence-corrected chi connectivity index (χ0v) is 15.1. The van der Waals surface area contributed by atoms with Crippen LogP contribution in [0.2, 0.25) is 0 Å². The van der Waals surface area contributed by atoms with E-state index < -0.39 is 5.97 Å². The third-order valence-electron chi connectivity index (χ3n) is 4.23. The van der Waals surface area contributed by atoms with Gasteiger partial charge in [-0.2, -0.15) is 5.10 Å². The van der Waals surface area contributed by atoms with Gasteiger partial charge >= 0.3 is 5.97 Å². The highest BCUT2D eigenvalue weighted by Gasteiger charge is 2.35. The van der Waals surface area contributed by atoms with Gasteiger partial charge in [-0.3, -0.25) is 9.59 Å². The molecule has 0 saturated heterocycles. The molecule has 6 heteroatoms. The summed E-state index contributed by atoms with van der Waals surface area (Å²) in [7, 11) is 0. The Hall–Kier alpha value is -2.89. The van der Waals surface area contributed by atoms with Crippen LogP contribution < -0.4 is 0 Å². The minimum Gasteiger partial charge on any atom is -0.467 e. The molecule has 0 N–H and O–H groups in total. The van der Waals surface area contributed by atoms with E-state index in [2.05, 4.69) is 5.10 Å². The summed E-state index contributed by atoms with van der Waals surface area (Å²) in [6.45, 7) is 5.13. The predicted octanol–water partition coefficient (Wildman–Crippen LogP) is 3.46. The van der Waals surface area contributed by atoms with Crippen molar-refractivity contribution in [3.63, 3.8) is 0 Å². The summed E-state index contributed by atoms with van der Waals surface area (Å²) in [4.78, 5) is 24.3. The van der Waals surface area contributed by atoms with Gasteiger partial charge in [0.1, 0.15) is 11.8 Å². The summed E-state index contributed by atoms with van der Waals surface area (Å²) in [6.07, 6.45) is 2.11. The van der Waals surface area contributed by atoms with Gasteiger partial charge in [0.2, 0.25) is 0 Å². The molecule has 26 heavy (non-hydrogen) atoms. The van der Waals surface area contributed by atoms with Crippen molar-refractivity contribution in [2.45, 2.75) is 33.2 Å². The average Bonchev–Trinajstić information content (AvgIpc) is 3.29. The normalized spacial score (nSPS) is 16.7. The van der Waals surface area contributed by atoms with Crippen LogP contribution in [-0.4, -0.2) is 29.2 Å². The van der Waals surface area contributed by atoms with E-state index in [1.54, 1.807) is 26.2 Å². The van der Waals surface area contributed by atoms with Gasteiger partial charge in [-0.05, 0) is 24.6 Å². The maximum atomic E-state index is 12.6. The summed E-state index contributed by atoms with van der Waals surface area (Å²) >= 11 is 0. The lowest BCUT2D eigenvalue weighted by Crippen LogP contribution is -2.31. The molecule has 1 atom stereocenters. The van der Waals surface area contributed by atoms with Crippen LogP contribution in [0, 0.1) is 12.8 Å². The number of nitrogens with zero attached hydrogens (tertiary/aromatic N) is 2. The number of benzene rings is 1. The summed E-state index contributed by atoms with van der Waals surface area (Å²) in [6, 6.07) is 11.2. The quantitative estimate of drug-likeness (QED) is 0.771. The number of hydrogen-bond donors (Lipinski definition) is 0. The van der Waals surface area contributed by atoms with Gasteiger partial charge in [0.05, 0.1) is 17.9 Å². The molecular weight excluding hydrogens is 332 g/mol. The predicted molar refractivity (Wildman–Crippen MR) is 96.4 cm³/mol. The number of esters is 1. The van der Waals surface area contributed by atoms with Crippen molar-refractivity contribution in [1.82, 2.24) is 5.01 Å². The molecule has 0 unspecified atom stereocenters. The van der Waals surface area contributed by atoms with Crippen LogP contribution in [0.15, 0.2) is 52.2 Å². The zero-order chi connectivity index (χ0) is 18.7. The van der Waals surface area contributed by atoms with E-state index in [4.69, 9.17) is 9.15 Å². The van der Waals surface area contributed by atoms with Gasteiger partial charge in [-0.25, -0.2) is 5.01 Å². The molecule has 0 spiro atoms. The van der Waals surface area contributed by atoms with Crippen LogP contribution in [0.25, 0.3) is 0 Å². The first-order chi connectivity index (χ1) is 12.5. The monoisotopic (exact) mass is 354 g/mol. The van der Waals surface area contributed by atoms with Gasteiger partial charge in [-0.15, -0.1) is 0 Å². The minimum atomic E-state index is -0.408. The lowest BCUT2D eigenvalue weighted by atomic mass is 10.0. The summed E-state index contributed by atoms with van der Waals surface area (Å²) in [5, 5.41) is 5.86. The highest BCUT2D eigenvalue weighted by molar-refractivity contribution is 6.03. The fourth-order valence-electron chi connectivity index (χ4n) is 2.73. The van der Waals surface area contributed by atoms with E-state index in [0.717, 1.165) is 16.8 Å². The molecule has 1 aromatic carbocycles. The van der Waals surface area contributed by atoms with Crippen LogP contribution in [-0.2, 0) is 14.3 Å². The summed E-state index contributed by atoms with van der Waals surface area (Å²) < 4.78 is 10.6. The molecule has 2 heterocycles. The first kappa shape index (κ1) is 17.9. The second-order valence-electron chi connectivity index (χ2n) is 6.65. The van der Waals surface area contributed by atoms with Crippen molar-refractivity contribution in [2.24, 2.45) is 11.0 Å². The van der Waals surface area contributed by atoms with E-state index in [0.29, 0.717) is 12.2 Å². The van der Waals surface area contributed by atoms with E-state index in [9.17, 15) is 9.59 Å². The number of furan rings is 1. The number of carbonyl (C=O) groups excluding carboxylic acids is 2. The largest absolute Gasteiger partial charge is 0.467 e. The lowest BCUT2D eigenvalue weighted by Gasteiger charge is -2.19. The zero-order valence-electron chi connectivity index (χ0n) is 15.1. The van der Waals surface area contributed by atoms with Gasteiger partial charge in [-0.1, -0.05) is 43.7 Å². The molecule has 3 rings (SSSR count). The Labute approximate surface area is 152 Å². The second-order valence-corrected chi connectivity index (χ2v) is 6.65. The number of carbonyl (C=O) groups is 2. The molecule has 0 saturated carbocycles. The van der Waals surface area contributed by atoms with Crippen molar-refractivity contribution in [3.05, 3.63) is 59.5 Å². The molecule has 6 nitrogen and oxygen atoms in total. The highest BCUT2D eigenvalue weighted by atomic mass is 16.5. The van der Waals surface area contributed by atoms with Gasteiger partial charge in [0.15, 0.2) is 6.61 Å². The van der Waals surface area contributed by atoms with E-state index in [1.165, 1.54) is 5.01 Å². The van der Waals surface area contributed by atoms with Crippen molar-refractivity contribution in [1.29, 1.82) is 0 Å². The Bertz CT molecular complexity index is 807. The maximum Gasteiger partial charge on any atom is 0.308 e. The number of amides is 1. The van der Waals surface area contributed by atoms with Crippen LogP contribution in [0.1, 0.15) is 43.2 Å². The standard InChI is InChI=1S/C20H22N2O4/c1-13(2)20(24)26-12-19(23)22-17(18-5-4-10-25-18)11-16(21-22)15-8-6-14(3)7-9-15/h4-10,13,17H,11-12H2,1-3H3/t17-/m0/s1. The second kappa shape index (κ2) is 7.56. The fourth-order valence-corrected chi connectivity index (χ4v) is 2.73. The van der Waals surface area contributed by atoms with Crippen LogP contribution in [0.5, 0.6) is 0 Å². The first-order valence-electron chi connectivity index (χ1n) is 8.62. The fraction of sp³-hybridized carbons (Fsp3) is 0.350. The number of rotatable bonds is 5. The Balaban J connectivity index is 1.81. The Morgan fingerprint density at radius 1 is 1.27 bits per heavy atom. The SMILES string of the molecule is Cc1ccc(C2=NN(C(=O)COC(=O)C(C)C)[C@H](c3ccco3)C2)cc1. The van der Waals surface area contributed by atoms with Gasteiger partial charge in [0, 0.05) is 6.42 Å². The molecule has 1 amide bonds. The molecule has 136 valence electrons. The molecule has 1 aliphatic rings. The average molecular weight is 354 g/mol. The Kier molecular flexibility index (Phi) is 5.21. The molecule has 1 aromatic heterocycles. The molecule has 2 aromatic rings. The summed E-state index contributed by atoms with van der Waals surface area (Å²) in [5.41, 5.74) is 2.92. The lowest BCUT2D eigenvalue weighted by molar-refractivity contribution is -0.155. The highest BCUT2D eigenvalue weighted by Crippen LogP contribution is 2.33. The number of hydrazone groups is 1. The first-order valence-corrected chi connectivity index (χ1v) is 8.62. The Morgan fingerprint density at radius 2 is 2.00 bits per heavy atom. The molecule has 0 fully saturated rings. The molecule has 0 aliphatic carbocycles. The van der Waals surface area contributed by atoms with Crippen LogP contribution in [0.4, 0.5) is 0 Å². The number of aryl methyl sites for hydroxylation is 1. The third kappa shape index (κ3) is 3.85. The van der Waals surface area contributed by atoms with Crippen LogP contribution >= 0.6 is 0 Å². The van der Waals surface area contributed by atoms with Crippen LogP contribution in [0.3, 0.4) is 0 Å². The van der Waals surface area contributed by atoms with Gasteiger partial charge in [0.25, 0.3) is 5.91 Å². The van der Waals surface area contributed by atoms with Crippen molar-refractivity contribution >= 4 is 17.6 Å². The summed E-state index contributed by atoms with van der Waals surface area (Å²) in [5.74, 6) is -0.411. The number of ether oxygens (including phenoxy) is 1. The smallest absolute Gasteiger partial charge is 0.308 e. The van der Waals surface area contributed by atoms with Crippen molar-refractivity contribution in [2.75, 3.05) is 6.61 Å². The molecular formula is C20H22N2O4. The van der Waals surface area contributed by atoms with E-state index in [1.807, 2.05) is 37.3 Å². The molecule has 0 radical (unpaired) electrons.